The number of ether oxygens (including phenoxy) is 2. The van der Waals surface area contributed by atoms with Crippen molar-refractivity contribution in [2.45, 2.75) is 5.92 Å². The van der Waals surface area contributed by atoms with Crippen molar-refractivity contribution in [1.29, 1.82) is 0 Å². The molecule has 7 heteroatoms. The standard InChI is InChI=1S/C29H19ClN4O2/c1-35-21-13-8-18(9-14-21)24-23-15-10-17-4-2-3-5-22(17)26(23)36-29-25(24)28-32-27(33-34(28)16-31-29)19-6-11-20(30)12-7-19/h2-16,24H,1H3/t24-/m0/s1. The topological polar surface area (TPSA) is 61.5 Å². The molecule has 0 amide bonds. The minimum absolute atomic E-state index is 0.155. The zero-order chi connectivity index (χ0) is 24.2. The Bertz CT molecular complexity index is 1760. The van der Waals surface area contributed by atoms with Crippen LogP contribution in [-0.4, -0.2) is 26.7 Å². The summed E-state index contributed by atoms with van der Waals surface area (Å²) in [5.74, 6) is 2.59. The van der Waals surface area contributed by atoms with Crippen molar-refractivity contribution in [3.63, 3.8) is 0 Å². The smallest absolute Gasteiger partial charge is 0.228 e. The van der Waals surface area contributed by atoms with Gasteiger partial charge in [0.15, 0.2) is 11.5 Å². The summed E-state index contributed by atoms with van der Waals surface area (Å²) in [4.78, 5) is 9.61. The largest absolute Gasteiger partial charge is 0.497 e. The van der Waals surface area contributed by atoms with Crippen LogP contribution in [0.2, 0.25) is 5.02 Å². The summed E-state index contributed by atoms with van der Waals surface area (Å²) >= 11 is 6.09. The second-order valence-electron chi connectivity index (χ2n) is 8.69. The highest BCUT2D eigenvalue weighted by Gasteiger charge is 2.34. The normalized spacial score (nSPS) is 14.3. The SMILES string of the molecule is COc1ccc([C@H]2c3ccc4ccccc4c3Oc3ncn4nc(-c5ccc(Cl)cc5)nc4c32)cc1. The third kappa shape index (κ3) is 3.22. The number of hydrogen-bond donors (Lipinski definition) is 0. The maximum atomic E-state index is 6.49. The molecular formula is C29H19ClN4O2. The van der Waals surface area contributed by atoms with Gasteiger partial charge in [-0.15, -0.1) is 5.10 Å². The van der Waals surface area contributed by atoms with E-state index in [9.17, 15) is 0 Å². The van der Waals surface area contributed by atoms with E-state index in [2.05, 4.69) is 41.4 Å². The molecule has 0 radical (unpaired) electrons. The van der Waals surface area contributed by atoms with E-state index < -0.39 is 0 Å². The van der Waals surface area contributed by atoms with Crippen molar-refractivity contribution in [2.24, 2.45) is 0 Å². The van der Waals surface area contributed by atoms with Crippen molar-refractivity contribution in [3.8, 4) is 28.8 Å². The lowest BCUT2D eigenvalue weighted by molar-refractivity contribution is 0.414. The molecule has 1 aliphatic heterocycles. The van der Waals surface area contributed by atoms with Gasteiger partial charge in [-0.25, -0.2) is 14.5 Å². The third-order valence-electron chi connectivity index (χ3n) is 6.65. The number of aromatic nitrogens is 4. The van der Waals surface area contributed by atoms with Crippen LogP contribution in [0.5, 0.6) is 17.4 Å². The van der Waals surface area contributed by atoms with Crippen molar-refractivity contribution in [2.75, 3.05) is 7.11 Å². The van der Waals surface area contributed by atoms with E-state index in [0.29, 0.717) is 22.4 Å². The van der Waals surface area contributed by atoms with Crippen LogP contribution in [0.25, 0.3) is 27.8 Å². The lowest BCUT2D eigenvalue weighted by Crippen LogP contribution is -2.15. The molecule has 4 aromatic carbocycles. The summed E-state index contributed by atoms with van der Waals surface area (Å²) in [6, 6.07) is 28.1. The Morgan fingerprint density at radius 3 is 2.53 bits per heavy atom. The molecule has 2 aromatic heterocycles. The molecule has 0 fully saturated rings. The van der Waals surface area contributed by atoms with Crippen LogP contribution in [0.3, 0.4) is 0 Å². The fourth-order valence-corrected chi connectivity index (χ4v) is 5.04. The van der Waals surface area contributed by atoms with E-state index >= 15 is 0 Å². The van der Waals surface area contributed by atoms with Gasteiger partial charge in [0.1, 0.15) is 17.8 Å². The zero-order valence-corrected chi connectivity index (χ0v) is 20.0. The highest BCUT2D eigenvalue weighted by molar-refractivity contribution is 6.30. The van der Waals surface area contributed by atoms with Crippen LogP contribution in [0.4, 0.5) is 0 Å². The zero-order valence-electron chi connectivity index (χ0n) is 19.2. The molecular weight excluding hydrogens is 472 g/mol. The average molecular weight is 491 g/mol. The summed E-state index contributed by atoms with van der Waals surface area (Å²) in [7, 11) is 1.67. The molecule has 6 aromatic rings. The van der Waals surface area contributed by atoms with Gasteiger partial charge in [-0.2, -0.15) is 0 Å². The first-order chi connectivity index (χ1) is 17.7. The second kappa shape index (κ2) is 8.07. The summed E-state index contributed by atoms with van der Waals surface area (Å²) in [6.07, 6.45) is 1.65. The van der Waals surface area contributed by atoms with E-state index in [1.807, 2.05) is 48.5 Å². The first-order valence-electron chi connectivity index (χ1n) is 11.5. The second-order valence-corrected chi connectivity index (χ2v) is 9.12. The van der Waals surface area contributed by atoms with Crippen LogP contribution in [-0.2, 0) is 0 Å². The quantitative estimate of drug-likeness (QED) is 0.270. The van der Waals surface area contributed by atoms with E-state index in [4.69, 9.17) is 31.2 Å². The van der Waals surface area contributed by atoms with Gasteiger partial charge in [0.2, 0.25) is 5.88 Å². The molecule has 0 spiro atoms. The van der Waals surface area contributed by atoms with Crippen LogP contribution in [0.1, 0.15) is 22.6 Å². The Kier molecular flexibility index (Phi) is 4.69. The monoisotopic (exact) mass is 490 g/mol. The van der Waals surface area contributed by atoms with Gasteiger partial charge in [0, 0.05) is 27.5 Å². The van der Waals surface area contributed by atoms with Gasteiger partial charge in [0.25, 0.3) is 0 Å². The van der Waals surface area contributed by atoms with Crippen molar-refractivity contribution in [3.05, 3.63) is 113 Å². The summed E-state index contributed by atoms with van der Waals surface area (Å²) in [6.45, 7) is 0. The summed E-state index contributed by atoms with van der Waals surface area (Å²) in [5.41, 5.74) is 4.59. The van der Waals surface area contributed by atoms with Crippen LogP contribution in [0.15, 0.2) is 91.3 Å². The first-order valence-corrected chi connectivity index (χ1v) is 11.9. The Morgan fingerprint density at radius 1 is 0.917 bits per heavy atom. The number of methoxy groups -OCH3 is 1. The third-order valence-corrected chi connectivity index (χ3v) is 6.90. The molecule has 0 saturated carbocycles. The fourth-order valence-electron chi connectivity index (χ4n) is 4.91. The Morgan fingerprint density at radius 2 is 1.72 bits per heavy atom. The molecule has 0 unspecified atom stereocenters. The Hall–Kier alpha value is -4.42. The van der Waals surface area contributed by atoms with Gasteiger partial charge >= 0.3 is 0 Å². The maximum absolute atomic E-state index is 6.49. The molecule has 7 rings (SSSR count). The number of benzene rings is 4. The number of hydrogen-bond acceptors (Lipinski definition) is 5. The molecule has 3 heterocycles. The van der Waals surface area contributed by atoms with Crippen LogP contribution >= 0.6 is 11.6 Å². The molecule has 0 saturated heterocycles. The van der Waals surface area contributed by atoms with E-state index in [1.54, 1.807) is 18.0 Å². The van der Waals surface area contributed by atoms with E-state index in [-0.39, 0.29) is 5.92 Å². The van der Waals surface area contributed by atoms with Gasteiger partial charge in [-0.1, -0.05) is 60.1 Å². The minimum Gasteiger partial charge on any atom is -0.497 e. The molecule has 1 atom stereocenters. The fraction of sp³-hybridized carbons (Fsp3) is 0.0690. The van der Waals surface area contributed by atoms with Gasteiger partial charge < -0.3 is 9.47 Å². The van der Waals surface area contributed by atoms with Crippen LogP contribution < -0.4 is 9.47 Å². The van der Waals surface area contributed by atoms with Gasteiger partial charge in [-0.3, -0.25) is 0 Å². The summed E-state index contributed by atoms with van der Waals surface area (Å²) < 4.78 is 13.6. The lowest BCUT2D eigenvalue weighted by atomic mass is 9.83. The molecule has 0 N–H and O–H groups in total. The van der Waals surface area contributed by atoms with Crippen molar-refractivity contribution in [1.82, 2.24) is 19.6 Å². The Balaban J connectivity index is 1.49. The molecule has 174 valence electrons. The summed E-state index contributed by atoms with van der Waals surface area (Å²) in [5, 5.41) is 7.53. The highest BCUT2D eigenvalue weighted by Crippen LogP contribution is 2.50. The number of halogens is 1. The molecule has 0 bridgehead atoms. The predicted octanol–water partition coefficient (Wildman–Crippen LogP) is 6.89. The maximum Gasteiger partial charge on any atom is 0.228 e. The minimum atomic E-state index is -0.155. The van der Waals surface area contributed by atoms with Crippen LogP contribution in [0, 0.1) is 0 Å². The number of fused-ring (bicyclic) bond motifs is 6. The van der Waals surface area contributed by atoms with E-state index in [1.165, 1.54) is 0 Å². The molecule has 36 heavy (non-hydrogen) atoms. The predicted molar refractivity (Wildman–Crippen MR) is 139 cm³/mol. The first kappa shape index (κ1) is 20.9. The number of nitrogens with zero attached hydrogens (tertiary/aromatic N) is 4. The number of rotatable bonds is 3. The molecule has 1 aliphatic rings. The Labute approximate surface area is 211 Å². The molecule has 6 nitrogen and oxygen atoms in total. The average Bonchev–Trinajstić information content (AvgIpc) is 3.37. The highest BCUT2D eigenvalue weighted by atomic mass is 35.5. The van der Waals surface area contributed by atoms with Crippen molar-refractivity contribution >= 4 is 28.0 Å². The molecule has 0 aliphatic carbocycles. The van der Waals surface area contributed by atoms with Gasteiger partial charge in [-0.05, 0) is 47.3 Å². The lowest BCUT2D eigenvalue weighted by Gasteiger charge is -2.28. The van der Waals surface area contributed by atoms with Crippen molar-refractivity contribution < 1.29 is 9.47 Å². The van der Waals surface area contributed by atoms with Gasteiger partial charge in [0.05, 0.1) is 12.7 Å². The van der Waals surface area contributed by atoms with E-state index in [0.717, 1.165) is 44.5 Å².